The molecule has 1 aromatic heterocycles. The van der Waals surface area contributed by atoms with Gasteiger partial charge in [-0.05, 0) is 48.5 Å². The van der Waals surface area contributed by atoms with Gasteiger partial charge < -0.3 is 15.4 Å². The van der Waals surface area contributed by atoms with E-state index in [2.05, 4.69) is 20.6 Å². The Morgan fingerprint density at radius 3 is 2.29 bits per heavy atom. The number of carbonyl (C=O) groups is 1. The van der Waals surface area contributed by atoms with Gasteiger partial charge in [-0.3, -0.25) is 4.79 Å². The maximum Gasteiger partial charge on any atom is 0.293 e. The van der Waals surface area contributed by atoms with Crippen molar-refractivity contribution in [1.29, 1.82) is 0 Å². The molecule has 4 aromatic rings. The Hall–Kier alpha value is -3.93. The van der Waals surface area contributed by atoms with E-state index in [0.29, 0.717) is 22.8 Å². The molecule has 3 aromatic carbocycles. The summed E-state index contributed by atoms with van der Waals surface area (Å²) in [6.45, 7) is 0. The maximum atomic E-state index is 12.7. The van der Waals surface area contributed by atoms with E-state index < -0.39 is 0 Å². The fraction of sp³-hybridized carbons (Fsp3) is 0.0455. The fourth-order valence-electron chi connectivity index (χ4n) is 2.79. The molecule has 28 heavy (non-hydrogen) atoms. The normalized spacial score (nSPS) is 10.5. The molecule has 0 saturated carbocycles. The molecule has 2 N–H and O–H groups in total. The minimum absolute atomic E-state index is 0.0907. The quantitative estimate of drug-likeness (QED) is 0.535. The molecule has 0 radical (unpaired) electrons. The van der Waals surface area contributed by atoms with Gasteiger partial charge in [-0.15, -0.1) is 0 Å². The number of hydrogen-bond acceptors (Lipinski definition) is 5. The summed E-state index contributed by atoms with van der Waals surface area (Å²) in [7, 11) is 1.60. The second-order valence-electron chi connectivity index (χ2n) is 6.09. The molecule has 4 rings (SSSR count). The van der Waals surface area contributed by atoms with Crippen molar-refractivity contribution in [1.82, 2.24) is 9.97 Å². The summed E-state index contributed by atoms with van der Waals surface area (Å²) in [5.74, 6) is 1.01. The molecule has 6 heteroatoms. The standard InChI is InChI=1S/C22H18N4O2/c1-28-17-13-11-16(12-14-17)24-22(27)21-25-19-10-6-5-9-18(19)20(26-21)23-15-7-3-2-4-8-15/h2-14H,1H3,(H,24,27)(H,23,25,26). The fourth-order valence-corrected chi connectivity index (χ4v) is 2.79. The van der Waals surface area contributed by atoms with Crippen molar-refractivity contribution in [2.75, 3.05) is 17.7 Å². The average molecular weight is 370 g/mol. The molecule has 138 valence electrons. The number of nitrogens with zero attached hydrogens (tertiary/aromatic N) is 2. The zero-order valence-corrected chi connectivity index (χ0v) is 15.2. The van der Waals surface area contributed by atoms with Gasteiger partial charge in [-0.1, -0.05) is 30.3 Å². The van der Waals surface area contributed by atoms with Crippen molar-refractivity contribution < 1.29 is 9.53 Å². The smallest absolute Gasteiger partial charge is 0.293 e. The summed E-state index contributed by atoms with van der Waals surface area (Å²) < 4.78 is 5.13. The largest absolute Gasteiger partial charge is 0.497 e. The van der Waals surface area contributed by atoms with Gasteiger partial charge >= 0.3 is 0 Å². The highest BCUT2D eigenvalue weighted by atomic mass is 16.5. The van der Waals surface area contributed by atoms with Crippen LogP contribution in [0.15, 0.2) is 78.9 Å². The van der Waals surface area contributed by atoms with E-state index in [1.807, 2.05) is 54.6 Å². The van der Waals surface area contributed by atoms with E-state index in [1.54, 1.807) is 31.4 Å². The molecule has 0 fully saturated rings. The van der Waals surface area contributed by atoms with Crippen LogP contribution in [0.25, 0.3) is 10.9 Å². The predicted molar refractivity (Wildman–Crippen MR) is 110 cm³/mol. The summed E-state index contributed by atoms with van der Waals surface area (Å²) in [5, 5.41) is 6.93. The van der Waals surface area contributed by atoms with Crippen LogP contribution < -0.4 is 15.4 Å². The van der Waals surface area contributed by atoms with Crippen LogP contribution in [-0.4, -0.2) is 23.0 Å². The van der Waals surface area contributed by atoms with Gasteiger partial charge in [0.1, 0.15) is 11.6 Å². The molecular formula is C22H18N4O2. The molecule has 0 atom stereocenters. The first kappa shape index (κ1) is 17.5. The summed E-state index contributed by atoms with van der Waals surface area (Å²) in [6.07, 6.45) is 0. The van der Waals surface area contributed by atoms with E-state index in [4.69, 9.17) is 4.74 Å². The Kier molecular flexibility index (Phi) is 4.84. The second kappa shape index (κ2) is 7.75. The van der Waals surface area contributed by atoms with Crippen molar-refractivity contribution in [3.05, 3.63) is 84.7 Å². The summed E-state index contributed by atoms with van der Waals surface area (Å²) in [5.41, 5.74) is 2.21. The summed E-state index contributed by atoms with van der Waals surface area (Å²) in [4.78, 5) is 21.6. The monoisotopic (exact) mass is 370 g/mol. The molecular weight excluding hydrogens is 352 g/mol. The summed E-state index contributed by atoms with van der Waals surface area (Å²) in [6, 6.07) is 24.3. The number of para-hydroxylation sites is 2. The number of amides is 1. The number of aromatic nitrogens is 2. The molecule has 0 aliphatic carbocycles. The highest BCUT2D eigenvalue weighted by Gasteiger charge is 2.14. The number of nitrogens with one attached hydrogen (secondary N) is 2. The highest BCUT2D eigenvalue weighted by molar-refractivity contribution is 6.04. The van der Waals surface area contributed by atoms with Crippen LogP contribution >= 0.6 is 0 Å². The van der Waals surface area contributed by atoms with Gasteiger partial charge in [0.05, 0.1) is 12.6 Å². The lowest BCUT2D eigenvalue weighted by molar-refractivity contribution is 0.101. The van der Waals surface area contributed by atoms with Crippen molar-refractivity contribution in [2.24, 2.45) is 0 Å². The third-order valence-electron chi connectivity index (χ3n) is 4.19. The minimum atomic E-state index is -0.382. The van der Waals surface area contributed by atoms with Crippen molar-refractivity contribution in [3.8, 4) is 5.75 Å². The van der Waals surface area contributed by atoms with Gasteiger partial charge in [0.25, 0.3) is 5.91 Å². The van der Waals surface area contributed by atoms with Crippen molar-refractivity contribution in [2.45, 2.75) is 0 Å². The Morgan fingerprint density at radius 1 is 0.821 bits per heavy atom. The number of ether oxygens (including phenoxy) is 1. The topological polar surface area (TPSA) is 76.1 Å². The molecule has 0 spiro atoms. The Morgan fingerprint density at radius 2 is 1.54 bits per heavy atom. The van der Waals surface area contributed by atoms with E-state index >= 15 is 0 Å². The third kappa shape index (κ3) is 3.76. The first-order valence-corrected chi connectivity index (χ1v) is 8.77. The van der Waals surface area contributed by atoms with Crippen LogP contribution in [0, 0.1) is 0 Å². The van der Waals surface area contributed by atoms with Crippen LogP contribution in [0.5, 0.6) is 5.75 Å². The lowest BCUT2D eigenvalue weighted by Crippen LogP contribution is -2.16. The van der Waals surface area contributed by atoms with Crippen LogP contribution in [0.1, 0.15) is 10.6 Å². The maximum absolute atomic E-state index is 12.7. The average Bonchev–Trinajstić information content (AvgIpc) is 2.75. The van der Waals surface area contributed by atoms with Gasteiger partial charge in [0.15, 0.2) is 0 Å². The van der Waals surface area contributed by atoms with Crippen LogP contribution in [-0.2, 0) is 0 Å². The van der Waals surface area contributed by atoms with E-state index in [1.165, 1.54) is 0 Å². The third-order valence-corrected chi connectivity index (χ3v) is 4.19. The second-order valence-corrected chi connectivity index (χ2v) is 6.09. The molecule has 1 heterocycles. The van der Waals surface area contributed by atoms with E-state index in [-0.39, 0.29) is 11.7 Å². The number of benzene rings is 3. The molecule has 0 saturated heterocycles. The molecule has 0 aliphatic rings. The van der Waals surface area contributed by atoms with Crippen LogP contribution in [0.4, 0.5) is 17.2 Å². The lowest BCUT2D eigenvalue weighted by Gasteiger charge is -2.11. The highest BCUT2D eigenvalue weighted by Crippen LogP contribution is 2.24. The first-order valence-electron chi connectivity index (χ1n) is 8.77. The number of methoxy groups -OCH3 is 1. The SMILES string of the molecule is COc1ccc(NC(=O)c2nc(Nc3ccccc3)c3ccccc3n2)cc1. The van der Waals surface area contributed by atoms with Crippen LogP contribution in [0.3, 0.4) is 0 Å². The lowest BCUT2D eigenvalue weighted by atomic mass is 10.2. The van der Waals surface area contributed by atoms with Gasteiger partial charge in [0, 0.05) is 16.8 Å². The Bertz CT molecular complexity index is 1110. The van der Waals surface area contributed by atoms with Gasteiger partial charge in [-0.25, -0.2) is 9.97 Å². The van der Waals surface area contributed by atoms with Gasteiger partial charge in [-0.2, -0.15) is 0 Å². The van der Waals surface area contributed by atoms with E-state index in [9.17, 15) is 4.79 Å². The molecule has 0 bridgehead atoms. The Labute approximate surface area is 162 Å². The minimum Gasteiger partial charge on any atom is -0.497 e. The van der Waals surface area contributed by atoms with Crippen molar-refractivity contribution in [3.63, 3.8) is 0 Å². The summed E-state index contributed by atoms with van der Waals surface area (Å²) >= 11 is 0. The number of carbonyl (C=O) groups excluding carboxylic acids is 1. The number of hydrogen-bond donors (Lipinski definition) is 2. The zero-order chi connectivity index (χ0) is 19.3. The molecule has 0 aliphatic heterocycles. The predicted octanol–water partition coefficient (Wildman–Crippen LogP) is 4.63. The van der Waals surface area contributed by atoms with Crippen LogP contribution in [0.2, 0.25) is 0 Å². The number of anilines is 3. The Balaban J connectivity index is 1.67. The van der Waals surface area contributed by atoms with Gasteiger partial charge in [0.2, 0.25) is 5.82 Å². The van der Waals surface area contributed by atoms with E-state index in [0.717, 1.165) is 11.1 Å². The molecule has 6 nitrogen and oxygen atoms in total. The molecule has 0 unspecified atom stereocenters. The number of rotatable bonds is 5. The zero-order valence-electron chi connectivity index (χ0n) is 15.2. The van der Waals surface area contributed by atoms with Crippen molar-refractivity contribution >= 4 is 34.0 Å². The molecule has 1 amide bonds. The number of fused-ring (bicyclic) bond motifs is 1. The first-order chi connectivity index (χ1) is 13.7.